The van der Waals surface area contributed by atoms with Gasteiger partial charge in [-0.25, -0.2) is 0 Å². The Hall–Kier alpha value is -3.64. The standard InChI is InChI=1S/C28H16/c1-3-9-19-17(7-1)15-25-26-16-18-8-2-4-10-20(18)22-12-6-14-24(28(22)26)23-13-5-11-21(19)27(23)25/h1-16H/i15D. The van der Waals surface area contributed by atoms with Crippen molar-refractivity contribution in [3.8, 4) is 0 Å². The quantitative estimate of drug-likeness (QED) is 0.191. The molecule has 0 N–H and O–H groups in total. The molecule has 128 valence electrons. The summed E-state index contributed by atoms with van der Waals surface area (Å²) >= 11 is 0. The molecule has 0 saturated heterocycles. The summed E-state index contributed by atoms with van der Waals surface area (Å²) in [5, 5.41) is 14.5. The highest BCUT2D eigenvalue weighted by Crippen LogP contribution is 2.44. The Kier molecular flexibility index (Phi) is 2.41. The van der Waals surface area contributed by atoms with Crippen molar-refractivity contribution < 1.29 is 1.37 Å². The molecule has 0 aliphatic rings. The maximum Gasteiger partial charge on any atom is 0.0636 e. The lowest BCUT2D eigenvalue weighted by Gasteiger charge is -2.17. The van der Waals surface area contributed by atoms with E-state index in [4.69, 9.17) is 1.37 Å². The summed E-state index contributed by atoms with van der Waals surface area (Å²) in [7, 11) is 0. The first kappa shape index (κ1) is 13.5. The van der Waals surface area contributed by atoms with Crippen LogP contribution in [0.25, 0.3) is 64.6 Å². The SMILES string of the molecule is [2H]c1c2ccccc2c2cccc3c4cccc5c6ccccc6cc(c1c23)c54. The maximum absolute atomic E-state index is 9.16. The monoisotopic (exact) mass is 353 g/mol. The van der Waals surface area contributed by atoms with E-state index in [1.54, 1.807) is 0 Å². The largest absolute Gasteiger partial charge is 0.0636 e. The van der Waals surface area contributed by atoms with E-state index in [2.05, 4.69) is 84.9 Å². The van der Waals surface area contributed by atoms with E-state index >= 15 is 0 Å². The molecule has 0 saturated carbocycles. The van der Waals surface area contributed by atoms with Gasteiger partial charge in [0, 0.05) is 0 Å². The lowest BCUT2D eigenvalue weighted by atomic mass is 9.86. The summed E-state index contributed by atoms with van der Waals surface area (Å²) in [6, 6.07) is 33.0. The van der Waals surface area contributed by atoms with Crippen LogP contribution in [0.15, 0.2) is 97.0 Å². The zero-order chi connectivity index (χ0) is 19.1. The molecule has 7 rings (SSSR count). The lowest BCUT2D eigenvalue weighted by molar-refractivity contribution is 1.79. The summed E-state index contributed by atoms with van der Waals surface area (Å²) < 4.78 is 9.16. The smallest absolute Gasteiger partial charge is 0.0616 e. The van der Waals surface area contributed by atoms with Gasteiger partial charge in [-0.15, -0.1) is 0 Å². The van der Waals surface area contributed by atoms with Gasteiger partial charge in [-0.1, -0.05) is 84.9 Å². The molecule has 0 bridgehead atoms. The van der Waals surface area contributed by atoms with Crippen molar-refractivity contribution in [1.82, 2.24) is 0 Å². The van der Waals surface area contributed by atoms with Gasteiger partial charge in [-0.3, -0.25) is 0 Å². The van der Waals surface area contributed by atoms with Crippen LogP contribution in [-0.2, 0) is 0 Å². The predicted molar refractivity (Wildman–Crippen MR) is 123 cm³/mol. The minimum Gasteiger partial charge on any atom is -0.0616 e. The average molecular weight is 353 g/mol. The summed E-state index contributed by atoms with van der Waals surface area (Å²) in [5.41, 5.74) is 0. The van der Waals surface area contributed by atoms with Crippen LogP contribution in [0.5, 0.6) is 0 Å². The lowest BCUT2D eigenvalue weighted by Crippen LogP contribution is -1.89. The average Bonchev–Trinajstić information content (AvgIpc) is 2.78. The molecule has 0 spiro atoms. The van der Waals surface area contributed by atoms with Gasteiger partial charge < -0.3 is 0 Å². The fourth-order valence-electron chi connectivity index (χ4n) is 5.08. The van der Waals surface area contributed by atoms with Gasteiger partial charge in [-0.2, -0.15) is 0 Å². The maximum atomic E-state index is 9.16. The first-order valence-corrected chi connectivity index (χ1v) is 9.72. The van der Waals surface area contributed by atoms with Crippen LogP contribution in [0.4, 0.5) is 0 Å². The van der Waals surface area contributed by atoms with Gasteiger partial charge in [0.1, 0.15) is 0 Å². The molecule has 0 aromatic heterocycles. The summed E-state index contributed by atoms with van der Waals surface area (Å²) in [6.45, 7) is 0. The molecule has 0 nitrogen and oxygen atoms in total. The van der Waals surface area contributed by atoms with Crippen LogP contribution in [0, 0.1) is 0 Å². The fraction of sp³-hybridized carbons (Fsp3) is 0. The molecule has 0 heterocycles. The van der Waals surface area contributed by atoms with Gasteiger partial charge in [0.2, 0.25) is 0 Å². The zero-order valence-electron chi connectivity index (χ0n) is 16.2. The number of rotatable bonds is 0. The van der Waals surface area contributed by atoms with Crippen molar-refractivity contribution in [2.45, 2.75) is 0 Å². The van der Waals surface area contributed by atoms with Gasteiger partial charge >= 0.3 is 0 Å². The molecule has 7 aromatic carbocycles. The van der Waals surface area contributed by atoms with Crippen molar-refractivity contribution in [3.05, 3.63) is 97.0 Å². The Balaban J connectivity index is 1.96. The molecular formula is C28H16. The van der Waals surface area contributed by atoms with Gasteiger partial charge in [0.25, 0.3) is 0 Å². The number of fused-ring (bicyclic) bond motifs is 6. The van der Waals surface area contributed by atoms with Crippen molar-refractivity contribution in [3.63, 3.8) is 0 Å². The number of benzene rings is 7. The second kappa shape index (κ2) is 4.99. The Morgan fingerprint density at radius 1 is 0.393 bits per heavy atom. The van der Waals surface area contributed by atoms with Crippen LogP contribution in [0.1, 0.15) is 1.37 Å². The molecule has 7 aromatic rings. The Bertz CT molecular complexity index is 1760. The molecule has 0 aliphatic carbocycles. The first-order valence-electron chi connectivity index (χ1n) is 10.2. The zero-order valence-corrected chi connectivity index (χ0v) is 15.2. The summed E-state index contributed by atoms with van der Waals surface area (Å²) in [6.07, 6.45) is 0. The molecule has 0 heteroatoms. The Morgan fingerprint density at radius 3 is 1.54 bits per heavy atom. The van der Waals surface area contributed by atoms with Crippen LogP contribution >= 0.6 is 0 Å². The number of hydrogen-bond acceptors (Lipinski definition) is 0. The van der Waals surface area contributed by atoms with Gasteiger partial charge in [-0.05, 0) is 76.7 Å². The summed E-state index contributed by atoms with van der Waals surface area (Å²) in [4.78, 5) is 0. The third-order valence-electron chi connectivity index (χ3n) is 6.24. The minimum absolute atomic E-state index is 0.631. The molecule has 0 unspecified atom stereocenters. The van der Waals surface area contributed by atoms with E-state index in [-0.39, 0.29) is 0 Å². The van der Waals surface area contributed by atoms with Crippen LogP contribution < -0.4 is 0 Å². The molecule has 0 atom stereocenters. The molecule has 0 fully saturated rings. The van der Waals surface area contributed by atoms with Crippen molar-refractivity contribution in [1.29, 1.82) is 0 Å². The highest BCUT2D eigenvalue weighted by Gasteiger charge is 2.15. The van der Waals surface area contributed by atoms with Gasteiger partial charge in [0.05, 0.1) is 1.37 Å². The van der Waals surface area contributed by atoms with Crippen LogP contribution in [0.3, 0.4) is 0 Å². The van der Waals surface area contributed by atoms with E-state index in [0.29, 0.717) is 6.04 Å². The van der Waals surface area contributed by atoms with E-state index < -0.39 is 0 Å². The van der Waals surface area contributed by atoms with Crippen LogP contribution in [0.2, 0.25) is 0 Å². The topological polar surface area (TPSA) is 0 Å². The van der Waals surface area contributed by atoms with E-state index in [1.807, 2.05) is 6.07 Å². The first-order chi connectivity index (χ1) is 14.3. The number of hydrogen-bond donors (Lipinski definition) is 0. The second-order valence-electron chi connectivity index (χ2n) is 7.65. The minimum atomic E-state index is 0.631. The Morgan fingerprint density at radius 2 is 0.857 bits per heavy atom. The van der Waals surface area contributed by atoms with Crippen molar-refractivity contribution >= 4 is 64.6 Å². The molecule has 0 amide bonds. The Labute approximate surface area is 163 Å². The van der Waals surface area contributed by atoms with E-state index in [1.165, 1.54) is 48.5 Å². The highest BCUT2D eigenvalue weighted by atomic mass is 14.2. The van der Waals surface area contributed by atoms with Crippen molar-refractivity contribution in [2.75, 3.05) is 0 Å². The third kappa shape index (κ3) is 1.66. The second-order valence-corrected chi connectivity index (χ2v) is 7.65. The molecule has 0 aliphatic heterocycles. The summed E-state index contributed by atoms with van der Waals surface area (Å²) in [5.74, 6) is 0. The fourth-order valence-corrected chi connectivity index (χ4v) is 5.08. The van der Waals surface area contributed by atoms with E-state index in [0.717, 1.165) is 16.2 Å². The predicted octanol–water partition coefficient (Wildman–Crippen LogP) is 8.04. The van der Waals surface area contributed by atoms with Gasteiger partial charge in [0.15, 0.2) is 0 Å². The van der Waals surface area contributed by atoms with Crippen LogP contribution in [-0.4, -0.2) is 0 Å². The molecule has 0 radical (unpaired) electrons. The normalized spacial score (nSPS) is 12.8. The van der Waals surface area contributed by atoms with Crippen molar-refractivity contribution in [2.24, 2.45) is 0 Å². The molecular weight excluding hydrogens is 336 g/mol. The molecule has 28 heavy (non-hydrogen) atoms. The van der Waals surface area contributed by atoms with E-state index in [9.17, 15) is 0 Å². The third-order valence-corrected chi connectivity index (χ3v) is 6.24. The highest BCUT2D eigenvalue weighted by molar-refractivity contribution is 6.38.